The summed E-state index contributed by atoms with van der Waals surface area (Å²) in [6.07, 6.45) is 3.16. The van der Waals surface area contributed by atoms with Gasteiger partial charge in [-0.2, -0.15) is 0 Å². The van der Waals surface area contributed by atoms with Crippen molar-refractivity contribution in [1.29, 1.82) is 0 Å². The van der Waals surface area contributed by atoms with E-state index in [1.54, 1.807) is 14.2 Å². The molecule has 26 heavy (non-hydrogen) atoms. The Morgan fingerprint density at radius 3 is 2.58 bits per heavy atom. The Bertz CT molecular complexity index is 562. The van der Waals surface area contributed by atoms with E-state index in [1.807, 2.05) is 25.1 Å². The van der Waals surface area contributed by atoms with E-state index in [-0.39, 0.29) is 18.3 Å². The minimum atomic E-state index is -0.673. The SMILES string of the molecule is CCOc1cc(CCCNC(=O)C2(OC)CCNCC2)ccc1OC.Cl. The maximum atomic E-state index is 12.5. The first-order valence-electron chi connectivity index (χ1n) is 8.99. The van der Waals surface area contributed by atoms with Crippen molar-refractivity contribution in [2.45, 2.75) is 38.2 Å². The number of carbonyl (C=O) groups is 1. The van der Waals surface area contributed by atoms with Crippen LogP contribution in [0.4, 0.5) is 0 Å². The van der Waals surface area contributed by atoms with Gasteiger partial charge in [0.05, 0.1) is 13.7 Å². The number of hydrogen-bond donors (Lipinski definition) is 2. The molecule has 0 unspecified atom stereocenters. The number of amides is 1. The number of halogens is 1. The van der Waals surface area contributed by atoms with Crippen LogP contribution >= 0.6 is 12.4 Å². The highest BCUT2D eigenvalue weighted by Crippen LogP contribution is 2.28. The fraction of sp³-hybridized carbons (Fsp3) is 0.632. The highest BCUT2D eigenvalue weighted by molar-refractivity contribution is 5.85. The molecule has 1 aromatic carbocycles. The molecule has 0 radical (unpaired) electrons. The number of nitrogens with one attached hydrogen (secondary N) is 2. The fourth-order valence-corrected chi connectivity index (χ4v) is 3.15. The molecule has 6 nitrogen and oxygen atoms in total. The van der Waals surface area contributed by atoms with E-state index in [1.165, 1.54) is 5.56 Å². The first kappa shape index (κ1) is 22.5. The van der Waals surface area contributed by atoms with Gasteiger partial charge in [0.2, 0.25) is 0 Å². The van der Waals surface area contributed by atoms with E-state index >= 15 is 0 Å². The van der Waals surface area contributed by atoms with Gasteiger partial charge >= 0.3 is 0 Å². The van der Waals surface area contributed by atoms with Crippen molar-refractivity contribution < 1.29 is 19.0 Å². The quantitative estimate of drug-likeness (QED) is 0.637. The van der Waals surface area contributed by atoms with Gasteiger partial charge in [-0.15, -0.1) is 12.4 Å². The summed E-state index contributed by atoms with van der Waals surface area (Å²) >= 11 is 0. The first-order valence-corrected chi connectivity index (χ1v) is 8.99. The van der Waals surface area contributed by atoms with Crippen molar-refractivity contribution >= 4 is 18.3 Å². The van der Waals surface area contributed by atoms with Gasteiger partial charge < -0.3 is 24.8 Å². The maximum Gasteiger partial charge on any atom is 0.252 e. The van der Waals surface area contributed by atoms with Gasteiger partial charge in [-0.05, 0) is 63.4 Å². The van der Waals surface area contributed by atoms with E-state index in [9.17, 15) is 4.79 Å². The van der Waals surface area contributed by atoms with Crippen molar-refractivity contribution in [3.8, 4) is 11.5 Å². The molecule has 1 fully saturated rings. The third-order valence-corrected chi connectivity index (χ3v) is 4.67. The van der Waals surface area contributed by atoms with Crippen LogP contribution < -0.4 is 20.1 Å². The molecule has 1 saturated heterocycles. The molecule has 0 spiro atoms. The zero-order valence-corrected chi connectivity index (χ0v) is 16.7. The van der Waals surface area contributed by atoms with Crippen molar-refractivity contribution in [1.82, 2.24) is 10.6 Å². The Balaban J connectivity index is 0.00000338. The summed E-state index contributed by atoms with van der Waals surface area (Å²) in [6.45, 7) is 4.81. The molecule has 0 aromatic heterocycles. The zero-order chi connectivity index (χ0) is 18.1. The Kier molecular flexibility index (Phi) is 9.76. The Morgan fingerprint density at radius 2 is 1.96 bits per heavy atom. The monoisotopic (exact) mass is 386 g/mol. The summed E-state index contributed by atoms with van der Waals surface area (Å²) < 4.78 is 16.4. The highest BCUT2D eigenvalue weighted by atomic mass is 35.5. The summed E-state index contributed by atoms with van der Waals surface area (Å²) in [6, 6.07) is 5.97. The standard InChI is InChI=1S/C19H30N2O4.ClH/c1-4-25-17-14-15(7-8-16(17)23-2)6-5-11-21-18(22)19(24-3)9-12-20-13-10-19;/h7-8,14,20H,4-6,9-13H2,1-3H3,(H,21,22);1H. The molecule has 2 N–H and O–H groups in total. The summed E-state index contributed by atoms with van der Waals surface area (Å²) in [7, 11) is 3.26. The molecule has 1 aliphatic heterocycles. The predicted octanol–water partition coefficient (Wildman–Crippen LogP) is 2.33. The molecular formula is C19H31ClN2O4. The Hall–Kier alpha value is -1.50. The molecule has 0 atom stereocenters. The van der Waals surface area contributed by atoms with Gasteiger partial charge in [-0.3, -0.25) is 4.79 Å². The third-order valence-electron chi connectivity index (χ3n) is 4.67. The molecule has 1 amide bonds. The molecule has 2 rings (SSSR count). The summed E-state index contributed by atoms with van der Waals surface area (Å²) in [5.41, 5.74) is 0.495. The number of piperidine rings is 1. The van der Waals surface area contributed by atoms with Crippen LogP contribution in [0.3, 0.4) is 0 Å². The van der Waals surface area contributed by atoms with E-state index in [0.717, 1.165) is 37.4 Å². The molecule has 0 aliphatic carbocycles. The van der Waals surface area contributed by atoms with Gasteiger partial charge in [0.25, 0.3) is 5.91 Å². The minimum Gasteiger partial charge on any atom is -0.493 e. The normalized spacial score (nSPS) is 15.7. The lowest BCUT2D eigenvalue weighted by Gasteiger charge is -2.34. The van der Waals surface area contributed by atoms with Gasteiger partial charge in [-0.1, -0.05) is 6.07 Å². The van der Waals surface area contributed by atoms with Crippen LogP contribution in [-0.4, -0.2) is 52.0 Å². The number of ether oxygens (including phenoxy) is 3. The van der Waals surface area contributed by atoms with Crippen LogP contribution in [0.2, 0.25) is 0 Å². The average Bonchev–Trinajstić information content (AvgIpc) is 2.66. The van der Waals surface area contributed by atoms with Gasteiger partial charge in [0.15, 0.2) is 11.5 Å². The number of hydrogen-bond acceptors (Lipinski definition) is 5. The lowest BCUT2D eigenvalue weighted by atomic mass is 9.91. The molecule has 1 aromatic rings. The predicted molar refractivity (Wildman–Crippen MR) is 105 cm³/mol. The molecule has 0 saturated carbocycles. The Labute approximate surface area is 162 Å². The number of carbonyl (C=O) groups excluding carboxylic acids is 1. The van der Waals surface area contributed by atoms with Crippen LogP contribution in [-0.2, 0) is 16.0 Å². The topological polar surface area (TPSA) is 68.8 Å². The van der Waals surface area contributed by atoms with Crippen LogP contribution in [0.15, 0.2) is 18.2 Å². The second kappa shape index (κ2) is 11.3. The summed E-state index contributed by atoms with van der Waals surface area (Å²) in [5.74, 6) is 1.51. The number of methoxy groups -OCH3 is 2. The largest absolute Gasteiger partial charge is 0.493 e. The number of benzene rings is 1. The average molecular weight is 387 g/mol. The highest BCUT2D eigenvalue weighted by Gasteiger charge is 2.39. The second-order valence-corrected chi connectivity index (χ2v) is 6.23. The molecule has 7 heteroatoms. The Morgan fingerprint density at radius 1 is 1.23 bits per heavy atom. The van der Waals surface area contributed by atoms with E-state index in [4.69, 9.17) is 14.2 Å². The lowest BCUT2D eigenvalue weighted by Crippen LogP contribution is -2.54. The molecular weight excluding hydrogens is 356 g/mol. The van der Waals surface area contributed by atoms with E-state index < -0.39 is 5.60 Å². The van der Waals surface area contributed by atoms with Crippen molar-refractivity contribution in [2.24, 2.45) is 0 Å². The van der Waals surface area contributed by atoms with E-state index in [2.05, 4.69) is 10.6 Å². The van der Waals surface area contributed by atoms with Crippen LogP contribution in [0.1, 0.15) is 31.7 Å². The lowest BCUT2D eigenvalue weighted by molar-refractivity contribution is -0.146. The maximum absolute atomic E-state index is 12.5. The summed E-state index contributed by atoms with van der Waals surface area (Å²) in [4.78, 5) is 12.5. The zero-order valence-electron chi connectivity index (χ0n) is 15.9. The molecule has 1 heterocycles. The van der Waals surface area contributed by atoms with Gasteiger partial charge in [-0.25, -0.2) is 0 Å². The molecule has 1 aliphatic rings. The summed E-state index contributed by atoms with van der Waals surface area (Å²) in [5, 5.41) is 6.29. The van der Waals surface area contributed by atoms with Crippen molar-refractivity contribution in [3.05, 3.63) is 23.8 Å². The van der Waals surface area contributed by atoms with Crippen LogP contribution in [0.25, 0.3) is 0 Å². The molecule has 0 bridgehead atoms. The van der Waals surface area contributed by atoms with Crippen LogP contribution in [0, 0.1) is 0 Å². The van der Waals surface area contributed by atoms with Gasteiger partial charge in [0, 0.05) is 13.7 Å². The number of rotatable bonds is 9. The third kappa shape index (κ3) is 5.76. The van der Waals surface area contributed by atoms with E-state index in [0.29, 0.717) is 26.0 Å². The van der Waals surface area contributed by atoms with Crippen molar-refractivity contribution in [2.75, 3.05) is 40.5 Å². The van der Waals surface area contributed by atoms with Crippen molar-refractivity contribution in [3.63, 3.8) is 0 Å². The second-order valence-electron chi connectivity index (χ2n) is 6.23. The van der Waals surface area contributed by atoms with Crippen LogP contribution in [0.5, 0.6) is 11.5 Å². The number of aryl methyl sites for hydroxylation is 1. The minimum absolute atomic E-state index is 0. The molecule has 148 valence electrons. The van der Waals surface area contributed by atoms with Gasteiger partial charge in [0.1, 0.15) is 5.60 Å². The smallest absolute Gasteiger partial charge is 0.252 e. The first-order chi connectivity index (χ1) is 12.1. The fourth-order valence-electron chi connectivity index (χ4n) is 3.15.